The van der Waals surface area contributed by atoms with E-state index in [0.29, 0.717) is 41.4 Å². The highest BCUT2D eigenvalue weighted by molar-refractivity contribution is 5.80. The van der Waals surface area contributed by atoms with E-state index in [1.807, 2.05) is 28.8 Å². The van der Waals surface area contributed by atoms with E-state index < -0.39 is 0 Å². The summed E-state index contributed by atoms with van der Waals surface area (Å²) in [6.45, 7) is 0.724. The Labute approximate surface area is 171 Å². The molecule has 0 aliphatic heterocycles. The van der Waals surface area contributed by atoms with Gasteiger partial charge in [0.2, 0.25) is 0 Å². The van der Waals surface area contributed by atoms with Gasteiger partial charge in [0.15, 0.2) is 11.2 Å². The third-order valence-electron chi connectivity index (χ3n) is 4.64. The standard InChI is InChI=1S/C23H17N3O4/c27-21-14-23(20-12-16-2-1-9-26(16)15-25-20)30-22-4-3-18(13-19(21)22)29-11-10-28-17-5-7-24-8-6-17/h1-9,12-15H,10-11H2. The maximum absolute atomic E-state index is 12.7. The Hall–Kier alpha value is -4.13. The molecule has 0 radical (unpaired) electrons. The van der Waals surface area contributed by atoms with E-state index in [1.165, 1.54) is 6.07 Å². The van der Waals surface area contributed by atoms with Gasteiger partial charge in [-0.1, -0.05) is 0 Å². The van der Waals surface area contributed by atoms with Gasteiger partial charge in [-0.2, -0.15) is 0 Å². The van der Waals surface area contributed by atoms with Gasteiger partial charge in [-0.15, -0.1) is 0 Å². The SMILES string of the molecule is O=c1cc(-c2cc3cccn3cn2)oc2ccc(OCCOc3ccncc3)cc12. The Morgan fingerprint density at radius 1 is 0.933 bits per heavy atom. The molecule has 0 bridgehead atoms. The predicted octanol–water partition coefficient (Wildman–Crippen LogP) is 3.96. The van der Waals surface area contributed by atoms with Gasteiger partial charge >= 0.3 is 0 Å². The van der Waals surface area contributed by atoms with Gasteiger partial charge in [0.1, 0.15) is 36.0 Å². The van der Waals surface area contributed by atoms with Gasteiger partial charge in [-0.3, -0.25) is 9.78 Å². The number of pyridine rings is 1. The van der Waals surface area contributed by atoms with Gasteiger partial charge in [0, 0.05) is 30.2 Å². The van der Waals surface area contributed by atoms with Crippen LogP contribution in [0.1, 0.15) is 0 Å². The summed E-state index contributed by atoms with van der Waals surface area (Å²) in [5.41, 5.74) is 1.91. The molecule has 0 aliphatic carbocycles. The molecule has 0 aliphatic rings. The molecule has 5 rings (SSSR count). The average molecular weight is 399 g/mol. The lowest BCUT2D eigenvalue weighted by molar-refractivity contribution is 0.217. The van der Waals surface area contributed by atoms with E-state index in [2.05, 4.69) is 9.97 Å². The molecule has 7 heteroatoms. The second-order valence-electron chi connectivity index (χ2n) is 6.63. The van der Waals surface area contributed by atoms with Gasteiger partial charge in [0.05, 0.1) is 11.7 Å². The second-order valence-corrected chi connectivity index (χ2v) is 6.63. The van der Waals surface area contributed by atoms with E-state index in [4.69, 9.17) is 13.9 Å². The maximum Gasteiger partial charge on any atom is 0.193 e. The zero-order valence-electron chi connectivity index (χ0n) is 15.9. The maximum atomic E-state index is 12.7. The Morgan fingerprint density at radius 3 is 2.63 bits per heavy atom. The monoisotopic (exact) mass is 399 g/mol. The van der Waals surface area contributed by atoms with Crippen molar-refractivity contribution in [3.8, 4) is 23.0 Å². The number of rotatable bonds is 6. The fourth-order valence-corrected chi connectivity index (χ4v) is 3.18. The molecule has 4 aromatic heterocycles. The van der Waals surface area contributed by atoms with Gasteiger partial charge in [-0.05, 0) is 48.5 Å². The highest BCUT2D eigenvalue weighted by atomic mass is 16.5. The van der Waals surface area contributed by atoms with Gasteiger partial charge in [-0.25, -0.2) is 4.98 Å². The second kappa shape index (κ2) is 7.71. The normalized spacial score (nSPS) is 11.1. The smallest absolute Gasteiger partial charge is 0.193 e. The van der Waals surface area contributed by atoms with E-state index in [1.54, 1.807) is 49.1 Å². The summed E-state index contributed by atoms with van der Waals surface area (Å²) in [6, 6.07) is 16.0. The minimum Gasteiger partial charge on any atom is -0.490 e. The lowest BCUT2D eigenvalue weighted by atomic mass is 10.2. The molecule has 5 aromatic rings. The Kier molecular flexibility index (Phi) is 4.61. The fourth-order valence-electron chi connectivity index (χ4n) is 3.18. The average Bonchev–Trinajstić information content (AvgIpc) is 3.25. The summed E-state index contributed by atoms with van der Waals surface area (Å²) < 4.78 is 19.1. The minimum atomic E-state index is -0.151. The molecule has 30 heavy (non-hydrogen) atoms. The molecule has 1 aromatic carbocycles. The number of nitrogens with zero attached hydrogens (tertiary/aromatic N) is 3. The van der Waals surface area contributed by atoms with Crippen LogP contribution in [0.25, 0.3) is 27.9 Å². The third kappa shape index (κ3) is 3.60. The summed E-state index contributed by atoms with van der Waals surface area (Å²) >= 11 is 0. The van der Waals surface area contributed by atoms with Crippen molar-refractivity contribution in [2.24, 2.45) is 0 Å². The van der Waals surface area contributed by atoms with Crippen molar-refractivity contribution in [1.82, 2.24) is 14.4 Å². The molecular weight excluding hydrogens is 382 g/mol. The Morgan fingerprint density at radius 2 is 1.77 bits per heavy atom. The number of hydrogen-bond donors (Lipinski definition) is 0. The number of aromatic nitrogens is 3. The van der Waals surface area contributed by atoms with Crippen LogP contribution in [-0.4, -0.2) is 27.6 Å². The van der Waals surface area contributed by atoms with Crippen molar-refractivity contribution < 1.29 is 13.9 Å². The van der Waals surface area contributed by atoms with Crippen molar-refractivity contribution in [2.45, 2.75) is 0 Å². The molecule has 0 spiro atoms. The molecule has 0 saturated heterocycles. The van der Waals surface area contributed by atoms with Crippen molar-refractivity contribution >= 4 is 16.5 Å². The first-order valence-electron chi connectivity index (χ1n) is 9.43. The van der Waals surface area contributed by atoms with Crippen LogP contribution in [-0.2, 0) is 0 Å². The van der Waals surface area contributed by atoms with E-state index in [-0.39, 0.29) is 5.43 Å². The third-order valence-corrected chi connectivity index (χ3v) is 4.64. The molecule has 0 saturated carbocycles. The quantitative estimate of drug-likeness (QED) is 0.402. The topological polar surface area (TPSA) is 78.9 Å². The highest BCUT2D eigenvalue weighted by Crippen LogP contribution is 2.24. The lowest BCUT2D eigenvalue weighted by Gasteiger charge is -2.09. The summed E-state index contributed by atoms with van der Waals surface area (Å²) in [6.07, 6.45) is 6.94. The summed E-state index contributed by atoms with van der Waals surface area (Å²) in [5.74, 6) is 1.73. The number of benzene rings is 1. The van der Waals surface area contributed by atoms with Crippen LogP contribution in [0.15, 0.2) is 88.7 Å². The highest BCUT2D eigenvalue weighted by Gasteiger charge is 2.10. The largest absolute Gasteiger partial charge is 0.490 e. The summed E-state index contributed by atoms with van der Waals surface area (Å²) in [4.78, 5) is 21.0. The number of fused-ring (bicyclic) bond motifs is 2. The molecule has 0 fully saturated rings. The minimum absolute atomic E-state index is 0.151. The van der Waals surface area contributed by atoms with Crippen LogP contribution in [0.2, 0.25) is 0 Å². The number of ether oxygens (including phenoxy) is 2. The van der Waals surface area contributed by atoms with Crippen molar-refractivity contribution in [2.75, 3.05) is 13.2 Å². The van der Waals surface area contributed by atoms with Crippen molar-refractivity contribution in [1.29, 1.82) is 0 Å². The molecule has 0 amide bonds. The molecular formula is C23H17N3O4. The Balaban J connectivity index is 1.34. The molecule has 7 nitrogen and oxygen atoms in total. The predicted molar refractivity (Wildman–Crippen MR) is 112 cm³/mol. The molecule has 4 heterocycles. The summed E-state index contributed by atoms with van der Waals surface area (Å²) in [7, 11) is 0. The van der Waals surface area contributed by atoms with Crippen LogP contribution in [0.3, 0.4) is 0 Å². The van der Waals surface area contributed by atoms with Crippen LogP contribution in [0.5, 0.6) is 11.5 Å². The first-order chi connectivity index (χ1) is 14.8. The van der Waals surface area contributed by atoms with E-state index >= 15 is 0 Å². The van der Waals surface area contributed by atoms with Crippen LogP contribution >= 0.6 is 0 Å². The van der Waals surface area contributed by atoms with Crippen LogP contribution in [0, 0.1) is 0 Å². The van der Waals surface area contributed by atoms with Gasteiger partial charge < -0.3 is 18.3 Å². The molecule has 0 N–H and O–H groups in total. The molecule has 0 unspecified atom stereocenters. The van der Waals surface area contributed by atoms with Crippen molar-refractivity contribution in [3.05, 3.63) is 89.7 Å². The fraction of sp³-hybridized carbons (Fsp3) is 0.0870. The lowest BCUT2D eigenvalue weighted by Crippen LogP contribution is -2.09. The van der Waals surface area contributed by atoms with E-state index in [9.17, 15) is 4.79 Å². The number of hydrogen-bond acceptors (Lipinski definition) is 6. The van der Waals surface area contributed by atoms with E-state index in [0.717, 1.165) is 11.3 Å². The van der Waals surface area contributed by atoms with Crippen LogP contribution < -0.4 is 14.9 Å². The molecule has 0 atom stereocenters. The summed E-state index contributed by atoms with van der Waals surface area (Å²) in [5, 5.41) is 0.454. The van der Waals surface area contributed by atoms with Gasteiger partial charge in [0.25, 0.3) is 0 Å². The first-order valence-corrected chi connectivity index (χ1v) is 9.43. The van der Waals surface area contributed by atoms with Crippen molar-refractivity contribution in [3.63, 3.8) is 0 Å². The zero-order valence-corrected chi connectivity index (χ0v) is 15.9. The molecule has 148 valence electrons. The first kappa shape index (κ1) is 17.9. The zero-order chi connectivity index (χ0) is 20.3. The van der Waals surface area contributed by atoms with Crippen LogP contribution in [0.4, 0.5) is 0 Å². The Bertz CT molecular complexity index is 1380.